The van der Waals surface area contributed by atoms with Crippen molar-refractivity contribution in [2.24, 2.45) is 11.3 Å². The van der Waals surface area contributed by atoms with Crippen molar-refractivity contribution in [1.29, 1.82) is 0 Å². The fourth-order valence-corrected chi connectivity index (χ4v) is 4.58. The maximum atomic E-state index is 13.0. The second kappa shape index (κ2) is 8.45. The molecule has 2 amide bonds. The van der Waals surface area contributed by atoms with Crippen LogP contribution in [-0.4, -0.2) is 32.6 Å². The molecular formula is C22H28N2O4S. The second-order valence-corrected chi connectivity index (χ2v) is 9.25. The van der Waals surface area contributed by atoms with E-state index in [-0.39, 0.29) is 35.6 Å². The van der Waals surface area contributed by atoms with Gasteiger partial charge in [0.2, 0.25) is 11.8 Å². The number of hydrogen-bond donors (Lipinski definition) is 1. The molecule has 7 heteroatoms. The maximum Gasteiger partial charge on any atom is 0.227 e. The SMILES string of the molecule is COc1ccc(N2CC(C(=O)NC(c3cccs3)C(C)(C)C)CC2=O)cc1OC. The molecule has 1 aromatic heterocycles. The molecule has 3 rings (SSSR count). The summed E-state index contributed by atoms with van der Waals surface area (Å²) in [5, 5.41) is 5.19. The number of benzene rings is 1. The third kappa shape index (κ3) is 4.56. The predicted octanol–water partition coefficient (Wildman–Crippen LogP) is 4.02. The van der Waals surface area contributed by atoms with E-state index in [1.807, 2.05) is 23.6 Å². The Morgan fingerprint density at radius 2 is 1.93 bits per heavy atom. The minimum atomic E-state index is -0.389. The third-order valence-corrected chi connectivity index (χ3v) is 6.09. The van der Waals surface area contributed by atoms with Gasteiger partial charge in [0.15, 0.2) is 11.5 Å². The van der Waals surface area contributed by atoms with E-state index in [4.69, 9.17) is 9.47 Å². The fraction of sp³-hybridized carbons (Fsp3) is 0.455. The van der Waals surface area contributed by atoms with E-state index in [1.54, 1.807) is 42.6 Å². The third-order valence-electron chi connectivity index (χ3n) is 5.15. The van der Waals surface area contributed by atoms with E-state index in [9.17, 15) is 9.59 Å². The molecule has 1 saturated heterocycles. The molecule has 1 aliphatic heterocycles. The summed E-state index contributed by atoms with van der Waals surface area (Å²) in [6, 6.07) is 9.27. The monoisotopic (exact) mass is 416 g/mol. The molecule has 0 aliphatic carbocycles. The number of thiophene rings is 1. The first kappa shape index (κ1) is 21.2. The summed E-state index contributed by atoms with van der Waals surface area (Å²) >= 11 is 1.63. The smallest absolute Gasteiger partial charge is 0.227 e. The van der Waals surface area contributed by atoms with Gasteiger partial charge < -0.3 is 19.7 Å². The lowest BCUT2D eigenvalue weighted by molar-refractivity contribution is -0.127. The van der Waals surface area contributed by atoms with Gasteiger partial charge in [-0.15, -0.1) is 11.3 Å². The lowest BCUT2D eigenvalue weighted by atomic mass is 9.85. The summed E-state index contributed by atoms with van der Waals surface area (Å²) in [4.78, 5) is 28.4. The molecule has 29 heavy (non-hydrogen) atoms. The van der Waals surface area contributed by atoms with Crippen molar-refractivity contribution in [1.82, 2.24) is 5.32 Å². The zero-order chi connectivity index (χ0) is 21.2. The average Bonchev–Trinajstić information content (AvgIpc) is 3.34. The molecule has 0 spiro atoms. The van der Waals surface area contributed by atoms with Crippen LogP contribution in [0, 0.1) is 11.3 Å². The highest BCUT2D eigenvalue weighted by molar-refractivity contribution is 7.10. The summed E-state index contributed by atoms with van der Waals surface area (Å²) in [6.07, 6.45) is 0.196. The van der Waals surface area contributed by atoms with Crippen molar-refractivity contribution in [3.8, 4) is 11.5 Å². The average molecular weight is 417 g/mol. The zero-order valence-electron chi connectivity index (χ0n) is 17.5. The number of anilines is 1. The molecule has 1 aromatic carbocycles. The highest BCUT2D eigenvalue weighted by atomic mass is 32.1. The largest absolute Gasteiger partial charge is 0.493 e. The molecule has 1 fully saturated rings. The van der Waals surface area contributed by atoms with Gasteiger partial charge in [-0.1, -0.05) is 26.8 Å². The van der Waals surface area contributed by atoms with Gasteiger partial charge in [0.1, 0.15) is 0 Å². The van der Waals surface area contributed by atoms with Crippen molar-refractivity contribution in [3.63, 3.8) is 0 Å². The Hall–Kier alpha value is -2.54. The van der Waals surface area contributed by atoms with Gasteiger partial charge >= 0.3 is 0 Å². The molecule has 0 saturated carbocycles. The van der Waals surface area contributed by atoms with Crippen LogP contribution in [0.15, 0.2) is 35.7 Å². The van der Waals surface area contributed by atoms with Gasteiger partial charge in [-0.05, 0) is 29.0 Å². The molecule has 1 N–H and O–H groups in total. The Bertz CT molecular complexity index is 873. The standard InChI is InChI=1S/C22H28N2O4S/c1-22(2,3)20(18-7-6-10-29-18)23-21(26)14-11-19(25)24(13-14)15-8-9-16(27-4)17(12-15)28-5/h6-10,12,14,20H,11,13H2,1-5H3,(H,23,26). The minimum absolute atomic E-state index is 0.0687. The number of carbonyl (C=O) groups is 2. The fourth-order valence-electron chi connectivity index (χ4n) is 3.56. The highest BCUT2D eigenvalue weighted by Gasteiger charge is 2.38. The minimum Gasteiger partial charge on any atom is -0.493 e. The van der Waals surface area contributed by atoms with Crippen LogP contribution in [0.25, 0.3) is 0 Å². The molecule has 156 valence electrons. The maximum absolute atomic E-state index is 13.0. The van der Waals surface area contributed by atoms with Gasteiger partial charge in [0, 0.05) is 29.6 Å². The van der Waals surface area contributed by atoms with Crippen molar-refractivity contribution >= 4 is 28.8 Å². The molecule has 0 bridgehead atoms. The van der Waals surface area contributed by atoms with Gasteiger partial charge in [0.05, 0.1) is 26.2 Å². The summed E-state index contributed by atoms with van der Waals surface area (Å²) in [7, 11) is 3.12. The molecule has 6 nitrogen and oxygen atoms in total. The lowest BCUT2D eigenvalue weighted by Gasteiger charge is -2.31. The number of rotatable bonds is 6. The molecule has 2 unspecified atom stereocenters. The number of ether oxygens (including phenoxy) is 2. The normalized spacial score (nSPS) is 17.9. The van der Waals surface area contributed by atoms with Crippen molar-refractivity contribution in [2.75, 3.05) is 25.7 Å². The number of nitrogens with zero attached hydrogens (tertiary/aromatic N) is 1. The summed E-state index contributed by atoms with van der Waals surface area (Å²) in [6.45, 7) is 6.66. The Balaban J connectivity index is 1.75. The number of nitrogens with one attached hydrogen (secondary N) is 1. The molecule has 1 aliphatic rings. The van der Waals surface area contributed by atoms with Crippen LogP contribution < -0.4 is 19.7 Å². The lowest BCUT2D eigenvalue weighted by Crippen LogP contribution is -2.40. The topological polar surface area (TPSA) is 67.9 Å². The van der Waals surface area contributed by atoms with E-state index < -0.39 is 0 Å². The number of amides is 2. The number of carbonyl (C=O) groups excluding carboxylic acids is 2. The molecule has 2 atom stereocenters. The van der Waals surface area contributed by atoms with Crippen molar-refractivity contribution in [3.05, 3.63) is 40.6 Å². The summed E-state index contributed by atoms with van der Waals surface area (Å²) in [5.74, 6) is 0.605. The number of methoxy groups -OCH3 is 2. The van der Waals surface area contributed by atoms with Crippen LogP contribution in [0.3, 0.4) is 0 Å². The first-order chi connectivity index (χ1) is 13.7. The first-order valence-electron chi connectivity index (χ1n) is 9.60. The van der Waals surface area contributed by atoms with E-state index in [2.05, 4.69) is 26.1 Å². The van der Waals surface area contributed by atoms with Crippen LogP contribution in [0.5, 0.6) is 11.5 Å². The zero-order valence-corrected chi connectivity index (χ0v) is 18.3. The number of hydrogen-bond acceptors (Lipinski definition) is 5. The van der Waals surface area contributed by atoms with E-state index in [0.717, 1.165) is 4.88 Å². The van der Waals surface area contributed by atoms with E-state index in [0.29, 0.717) is 23.7 Å². The molecule has 0 radical (unpaired) electrons. The van der Waals surface area contributed by atoms with Crippen LogP contribution in [0.2, 0.25) is 0 Å². The highest BCUT2D eigenvalue weighted by Crippen LogP contribution is 2.37. The van der Waals surface area contributed by atoms with Gasteiger partial charge in [-0.2, -0.15) is 0 Å². The Morgan fingerprint density at radius 3 is 2.52 bits per heavy atom. The van der Waals surface area contributed by atoms with Gasteiger partial charge in [-0.3, -0.25) is 9.59 Å². The van der Waals surface area contributed by atoms with Crippen molar-refractivity contribution in [2.45, 2.75) is 33.2 Å². The first-order valence-corrected chi connectivity index (χ1v) is 10.5. The summed E-state index contributed by atoms with van der Waals surface area (Å²) < 4.78 is 10.6. The molecular weight excluding hydrogens is 388 g/mol. The van der Waals surface area contributed by atoms with Crippen LogP contribution in [-0.2, 0) is 9.59 Å². The predicted molar refractivity (Wildman–Crippen MR) is 115 cm³/mol. The Labute approximate surface area is 175 Å². The summed E-state index contributed by atoms with van der Waals surface area (Å²) in [5.41, 5.74) is 0.570. The van der Waals surface area contributed by atoms with Crippen molar-refractivity contribution < 1.29 is 19.1 Å². The van der Waals surface area contributed by atoms with Crippen LogP contribution in [0.1, 0.15) is 38.1 Å². The Morgan fingerprint density at radius 1 is 1.21 bits per heavy atom. The van der Waals surface area contributed by atoms with Crippen LogP contribution in [0.4, 0.5) is 5.69 Å². The molecule has 2 aromatic rings. The molecule has 2 heterocycles. The van der Waals surface area contributed by atoms with Crippen LogP contribution >= 0.6 is 11.3 Å². The Kier molecular flexibility index (Phi) is 6.17. The second-order valence-electron chi connectivity index (χ2n) is 8.27. The quantitative estimate of drug-likeness (QED) is 0.772. The van der Waals surface area contributed by atoms with E-state index in [1.165, 1.54) is 0 Å². The van der Waals surface area contributed by atoms with E-state index >= 15 is 0 Å². The van der Waals surface area contributed by atoms with Gasteiger partial charge in [-0.25, -0.2) is 0 Å². The van der Waals surface area contributed by atoms with Gasteiger partial charge in [0.25, 0.3) is 0 Å².